The second-order valence-corrected chi connectivity index (χ2v) is 6.50. The molecule has 0 radical (unpaired) electrons. The molecule has 2 rings (SSSR count). The first-order valence-electron chi connectivity index (χ1n) is 8.86. The Bertz CT molecular complexity index is 380. The van der Waals surface area contributed by atoms with Crippen molar-refractivity contribution in [3.63, 3.8) is 0 Å². The number of nitrogens with zero attached hydrogens (tertiary/aromatic N) is 2. The van der Waals surface area contributed by atoms with Gasteiger partial charge in [-0.25, -0.2) is 0 Å². The van der Waals surface area contributed by atoms with Gasteiger partial charge in [-0.2, -0.15) is 0 Å². The summed E-state index contributed by atoms with van der Waals surface area (Å²) in [6.07, 6.45) is 11.8. The van der Waals surface area contributed by atoms with Crippen LogP contribution in [0.15, 0.2) is 18.3 Å². The quantitative estimate of drug-likeness (QED) is 0.701. The molecule has 0 atom stereocenters. The summed E-state index contributed by atoms with van der Waals surface area (Å²) in [5, 5.41) is 3.60. The molecule has 1 aromatic heterocycles. The molecular weight excluding hydrogens is 258 g/mol. The van der Waals surface area contributed by atoms with Crippen LogP contribution in [0.3, 0.4) is 0 Å². The minimum absolute atomic E-state index is 0.848. The third-order valence-electron chi connectivity index (χ3n) is 4.76. The van der Waals surface area contributed by atoms with Crippen LogP contribution in [0.2, 0.25) is 0 Å². The van der Waals surface area contributed by atoms with E-state index >= 15 is 0 Å². The van der Waals surface area contributed by atoms with Crippen LogP contribution in [0.1, 0.15) is 57.6 Å². The van der Waals surface area contributed by atoms with Crippen LogP contribution in [0, 0.1) is 0 Å². The van der Waals surface area contributed by atoms with E-state index < -0.39 is 0 Å². The largest absolute Gasteiger partial charge is 0.350 e. The lowest BCUT2D eigenvalue weighted by atomic mass is 9.94. The number of hydrogen-bond acceptors (Lipinski definition) is 2. The maximum absolute atomic E-state index is 3.60. The first kappa shape index (κ1) is 16.6. The molecule has 0 aliphatic heterocycles. The standard InChI is InChI=1S/C18H33N3/c1-3-13-21-15-7-11-18(21)16-19-12-8-14-20(2)17-9-5-4-6-10-17/h7,11,15,17,19H,3-6,8-10,12-14,16H2,1-2H3. The van der Waals surface area contributed by atoms with Crippen molar-refractivity contribution in [3.05, 3.63) is 24.0 Å². The van der Waals surface area contributed by atoms with Crippen LogP contribution in [-0.4, -0.2) is 35.6 Å². The molecule has 1 saturated carbocycles. The molecule has 1 N–H and O–H groups in total. The van der Waals surface area contributed by atoms with Gasteiger partial charge in [0.1, 0.15) is 0 Å². The third kappa shape index (κ3) is 5.48. The number of aromatic nitrogens is 1. The molecule has 0 unspecified atom stereocenters. The van der Waals surface area contributed by atoms with Crippen molar-refractivity contribution in [1.82, 2.24) is 14.8 Å². The molecule has 1 aliphatic carbocycles. The summed E-state index contributed by atoms with van der Waals surface area (Å²) < 4.78 is 2.36. The van der Waals surface area contributed by atoms with E-state index in [1.807, 2.05) is 0 Å². The third-order valence-corrected chi connectivity index (χ3v) is 4.76. The van der Waals surface area contributed by atoms with Crippen molar-refractivity contribution < 1.29 is 0 Å². The normalized spacial score (nSPS) is 16.7. The Kier molecular flexibility index (Phi) is 7.31. The molecule has 0 spiro atoms. The lowest BCUT2D eigenvalue weighted by Crippen LogP contribution is -2.35. The van der Waals surface area contributed by atoms with Gasteiger partial charge >= 0.3 is 0 Å². The maximum atomic E-state index is 3.60. The predicted molar refractivity (Wildman–Crippen MR) is 90.5 cm³/mol. The predicted octanol–water partition coefficient (Wildman–Crippen LogP) is 3.64. The summed E-state index contributed by atoms with van der Waals surface area (Å²) in [5.41, 5.74) is 1.41. The van der Waals surface area contributed by atoms with Crippen molar-refractivity contribution in [1.29, 1.82) is 0 Å². The smallest absolute Gasteiger partial charge is 0.0359 e. The van der Waals surface area contributed by atoms with Gasteiger partial charge in [-0.1, -0.05) is 26.2 Å². The number of rotatable bonds is 9. The molecule has 0 saturated heterocycles. The molecular formula is C18H33N3. The van der Waals surface area contributed by atoms with Crippen molar-refractivity contribution in [2.24, 2.45) is 0 Å². The molecule has 1 aromatic rings. The summed E-state index contributed by atoms with van der Waals surface area (Å²) in [6.45, 7) is 6.72. The van der Waals surface area contributed by atoms with Crippen molar-refractivity contribution >= 4 is 0 Å². The van der Waals surface area contributed by atoms with Gasteiger partial charge in [0.25, 0.3) is 0 Å². The topological polar surface area (TPSA) is 20.2 Å². The molecule has 0 bridgehead atoms. The van der Waals surface area contributed by atoms with Crippen LogP contribution in [-0.2, 0) is 13.1 Å². The van der Waals surface area contributed by atoms with E-state index in [-0.39, 0.29) is 0 Å². The lowest BCUT2D eigenvalue weighted by Gasteiger charge is -2.31. The monoisotopic (exact) mass is 291 g/mol. The van der Waals surface area contributed by atoms with Crippen molar-refractivity contribution in [2.75, 3.05) is 20.1 Å². The Morgan fingerprint density at radius 3 is 2.86 bits per heavy atom. The van der Waals surface area contributed by atoms with E-state index in [0.29, 0.717) is 0 Å². The highest BCUT2D eigenvalue weighted by molar-refractivity contribution is 5.06. The fourth-order valence-corrected chi connectivity index (χ4v) is 3.44. The molecule has 3 heteroatoms. The fourth-order valence-electron chi connectivity index (χ4n) is 3.44. The van der Waals surface area contributed by atoms with Gasteiger partial charge in [0.2, 0.25) is 0 Å². The summed E-state index contributed by atoms with van der Waals surface area (Å²) in [6, 6.07) is 5.24. The summed E-state index contributed by atoms with van der Waals surface area (Å²) >= 11 is 0. The average Bonchev–Trinajstić information content (AvgIpc) is 2.95. The number of aryl methyl sites for hydroxylation is 1. The van der Waals surface area contributed by atoms with Gasteiger partial charge in [0.15, 0.2) is 0 Å². The molecule has 0 aromatic carbocycles. The van der Waals surface area contributed by atoms with Gasteiger partial charge in [-0.3, -0.25) is 0 Å². The molecule has 1 heterocycles. The molecule has 3 nitrogen and oxygen atoms in total. The minimum Gasteiger partial charge on any atom is -0.350 e. The second kappa shape index (κ2) is 9.26. The van der Waals surface area contributed by atoms with Crippen LogP contribution in [0.4, 0.5) is 0 Å². The van der Waals surface area contributed by atoms with E-state index in [1.54, 1.807) is 0 Å². The summed E-state index contributed by atoms with van der Waals surface area (Å²) in [7, 11) is 2.31. The summed E-state index contributed by atoms with van der Waals surface area (Å²) in [4.78, 5) is 2.58. The highest BCUT2D eigenvalue weighted by Gasteiger charge is 2.17. The van der Waals surface area contributed by atoms with E-state index in [9.17, 15) is 0 Å². The van der Waals surface area contributed by atoms with Crippen LogP contribution < -0.4 is 5.32 Å². The zero-order valence-corrected chi connectivity index (χ0v) is 14.0. The highest BCUT2D eigenvalue weighted by Crippen LogP contribution is 2.21. The zero-order valence-electron chi connectivity index (χ0n) is 14.0. The van der Waals surface area contributed by atoms with Crippen molar-refractivity contribution in [2.45, 2.75) is 71.0 Å². The SMILES string of the molecule is CCCn1cccc1CNCCCN(C)C1CCCCC1. The Morgan fingerprint density at radius 1 is 1.29 bits per heavy atom. The van der Waals surface area contributed by atoms with E-state index in [4.69, 9.17) is 0 Å². The van der Waals surface area contributed by atoms with E-state index in [2.05, 4.69) is 47.1 Å². The lowest BCUT2D eigenvalue weighted by molar-refractivity contribution is 0.189. The van der Waals surface area contributed by atoms with Crippen LogP contribution in [0.5, 0.6) is 0 Å². The Balaban J connectivity index is 1.58. The molecule has 0 amide bonds. The van der Waals surface area contributed by atoms with Crippen LogP contribution in [0.25, 0.3) is 0 Å². The second-order valence-electron chi connectivity index (χ2n) is 6.50. The molecule has 1 aliphatic rings. The van der Waals surface area contributed by atoms with Gasteiger partial charge in [-0.05, 0) is 58.0 Å². The van der Waals surface area contributed by atoms with Gasteiger partial charge in [0.05, 0.1) is 0 Å². The zero-order chi connectivity index (χ0) is 14.9. The van der Waals surface area contributed by atoms with E-state index in [1.165, 1.54) is 57.2 Å². The van der Waals surface area contributed by atoms with Gasteiger partial charge in [0, 0.05) is 31.0 Å². The van der Waals surface area contributed by atoms with Crippen LogP contribution >= 0.6 is 0 Å². The minimum atomic E-state index is 0.848. The first-order chi connectivity index (χ1) is 10.3. The Morgan fingerprint density at radius 2 is 2.10 bits per heavy atom. The number of nitrogens with one attached hydrogen (secondary N) is 1. The first-order valence-corrected chi connectivity index (χ1v) is 8.86. The Hall–Kier alpha value is -0.800. The van der Waals surface area contributed by atoms with E-state index in [0.717, 1.165) is 25.7 Å². The molecule has 1 fully saturated rings. The van der Waals surface area contributed by atoms with Gasteiger partial charge < -0.3 is 14.8 Å². The molecule has 120 valence electrons. The fraction of sp³-hybridized carbons (Fsp3) is 0.778. The molecule has 21 heavy (non-hydrogen) atoms. The average molecular weight is 291 g/mol. The number of hydrogen-bond donors (Lipinski definition) is 1. The highest BCUT2D eigenvalue weighted by atomic mass is 15.1. The van der Waals surface area contributed by atoms with Gasteiger partial charge in [-0.15, -0.1) is 0 Å². The van der Waals surface area contributed by atoms with Crippen molar-refractivity contribution in [3.8, 4) is 0 Å². The summed E-state index contributed by atoms with van der Waals surface area (Å²) in [5.74, 6) is 0. The maximum Gasteiger partial charge on any atom is 0.0359 e. The Labute approximate surface area is 130 Å².